The summed E-state index contributed by atoms with van der Waals surface area (Å²) in [7, 11) is 0. The highest BCUT2D eigenvalue weighted by Crippen LogP contribution is 2.15. The molecule has 1 heterocycles. The molecule has 9 heteroatoms. The van der Waals surface area contributed by atoms with Crippen LogP contribution in [-0.2, 0) is 13.0 Å². The number of nitro groups is 1. The second-order valence-electron chi connectivity index (χ2n) is 6.88. The molecule has 0 atom stereocenters. The Morgan fingerprint density at radius 2 is 1.97 bits per heavy atom. The van der Waals surface area contributed by atoms with Crippen LogP contribution in [0.5, 0.6) is 0 Å². The van der Waals surface area contributed by atoms with Gasteiger partial charge in [-0.2, -0.15) is 0 Å². The maximum absolute atomic E-state index is 10.7. The Morgan fingerprint density at radius 1 is 1.24 bits per heavy atom. The van der Waals surface area contributed by atoms with Crippen molar-refractivity contribution in [3.8, 4) is 0 Å². The molecule has 1 aromatic heterocycles. The predicted molar refractivity (Wildman–Crippen MR) is 125 cm³/mol. The molecule has 0 radical (unpaired) electrons. The van der Waals surface area contributed by atoms with Gasteiger partial charge in [-0.1, -0.05) is 31.1 Å². The number of rotatable bonds is 10. The molecule has 0 spiro atoms. The minimum Gasteiger partial charge on any atom is -0.359 e. The molecule has 0 amide bonds. The Bertz CT molecular complexity index is 775. The quantitative estimate of drug-likeness (QED) is 0.121. The van der Waals surface area contributed by atoms with E-state index < -0.39 is 0 Å². The van der Waals surface area contributed by atoms with E-state index in [2.05, 4.69) is 34.6 Å². The van der Waals surface area contributed by atoms with Crippen molar-refractivity contribution in [1.29, 1.82) is 0 Å². The van der Waals surface area contributed by atoms with Gasteiger partial charge < -0.3 is 15.2 Å². The molecule has 1 aromatic carbocycles. The van der Waals surface area contributed by atoms with Crippen LogP contribution in [0.1, 0.15) is 56.5 Å². The molecule has 0 bridgehead atoms. The number of nitrogens with zero attached hydrogens (tertiary/aromatic N) is 3. The van der Waals surface area contributed by atoms with Gasteiger partial charge >= 0.3 is 0 Å². The van der Waals surface area contributed by atoms with Gasteiger partial charge in [0.1, 0.15) is 6.54 Å². The van der Waals surface area contributed by atoms with E-state index in [0.29, 0.717) is 12.5 Å². The van der Waals surface area contributed by atoms with Crippen LogP contribution in [0.2, 0.25) is 0 Å². The molecule has 2 aromatic rings. The van der Waals surface area contributed by atoms with Crippen LogP contribution >= 0.6 is 24.0 Å². The largest absolute Gasteiger partial charge is 0.359 e. The van der Waals surface area contributed by atoms with Crippen molar-refractivity contribution < 1.29 is 9.45 Å². The van der Waals surface area contributed by atoms with Crippen LogP contribution in [0, 0.1) is 10.1 Å². The van der Waals surface area contributed by atoms with E-state index in [1.807, 2.05) is 25.1 Å². The summed E-state index contributed by atoms with van der Waals surface area (Å²) in [5.41, 5.74) is 2.18. The van der Waals surface area contributed by atoms with Gasteiger partial charge in [-0.3, -0.25) is 10.1 Å². The number of nitrogens with one attached hydrogen (secondary N) is 2. The first-order valence-corrected chi connectivity index (χ1v) is 9.70. The van der Waals surface area contributed by atoms with Crippen molar-refractivity contribution in [1.82, 2.24) is 15.8 Å². The first kappa shape index (κ1) is 24.9. The average molecular weight is 515 g/mol. The first-order valence-electron chi connectivity index (χ1n) is 9.70. The van der Waals surface area contributed by atoms with E-state index >= 15 is 0 Å². The zero-order valence-electron chi connectivity index (χ0n) is 17.2. The maximum atomic E-state index is 10.7. The lowest BCUT2D eigenvalue weighted by molar-refractivity contribution is -0.384. The lowest BCUT2D eigenvalue weighted by Crippen LogP contribution is -2.37. The molecule has 0 fully saturated rings. The van der Waals surface area contributed by atoms with Crippen molar-refractivity contribution in [3.63, 3.8) is 0 Å². The molecular weight excluding hydrogens is 485 g/mol. The van der Waals surface area contributed by atoms with Gasteiger partial charge in [0.15, 0.2) is 11.7 Å². The minimum absolute atomic E-state index is 0. The van der Waals surface area contributed by atoms with Crippen molar-refractivity contribution in [2.45, 2.75) is 52.5 Å². The van der Waals surface area contributed by atoms with E-state index in [1.165, 1.54) is 0 Å². The molecular formula is C20H30IN5O3. The van der Waals surface area contributed by atoms with E-state index in [1.54, 1.807) is 12.1 Å². The molecule has 29 heavy (non-hydrogen) atoms. The lowest BCUT2D eigenvalue weighted by Gasteiger charge is -2.10. The first-order chi connectivity index (χ1) is 13.5. The van der Waals surface area contributed by atoms with Crippen molar-refractivity contribution >= 4 is 35.6 Å². The zero-order chi connectivity index (χ0) is 20.4. The number of halogens is 1. The highest BCUT2D eigenvalue weighted by Gasteiger charge is 2.07. The van der Waals surface area contributed by atoms with Crippen LogP contribution in [0.15, 0.2) is 39.8 Å². The van der Waals surface area contributed by atoms with Crippen LogP contribution in [-0.4, -0.2) is 29.1 Å². The minimum atomic E-state index is -0.377. The standard InChI is InChI=1S/C20H29N5O3.HI/c1-4-21-20(23-14-18-13-19(15(2)3)24-28-18)22-12-6-5-7-16-8-10-17(11-9-16)25(26)27;/h8-11,13,15H,4-7,12,14H2,1-3H3,(H2,21,22,23);1H. The normalized spacial score (nSPS) is 11.2. The predicted octanol–water partition coefficient (Wildman–Crippen LogP) is 4.40. The number of aryl methyl sites for hydroxylation is 1. The van der Waals surface area contributed by atoms with Crippen LogP contribution in [0.4, 0.5) is 5.69 Å². The summed E-state index contributed by atoms with van der Waals surface area (Å²) < 4.78 is 5.31. The number of hydrogen-bond donors (Lipinski definition) is 2. The number of aliphatic imine (C=N–C) groups is 1. The van der Waals surface area contributed by atoms with Crippen LogP contribution in [0.25, 0.3) is 0 Å². The molecule has 0 saturated carbocycles. The summed E-state index contributed by atoms with van der Waals surface area (Å²) in [6.45, 7) is 8.20. The van der Waals surface area contributed by atoms with Gasteiger partial charge in [-0.15, -0.1) is 24.0 Å². The summed E-state index contributed by atoms with van der Waals surface area (Å²) in [4.78, 5) is 14.8. The Kier molecular flexibility index (Phi) is 11.3. The van der Waals surface area contributed by atoms with E-state index in [0.717, 1.165) is 55.3 Å². The highest BCUT2D eigenvalue weighted by atomic mass is 127. The van der Waals surface area contributed by atoms with Crippen LogP contribution in [0.3, 0.4) is 0 Å². The summed E-state index contributed by atoms with van der Waals surface area (Å²) >= 11 is 0. The van der Waals surface area contributed by atoms with Crippen molar-refractivity contribution in [3.05, 3.63) is 57.5 Å². The molecule has 0 aliphatic rings. The fraction of sp³-hybridized carbons (Fsp3) is 0.500. The van der Waals surface area contributed by atoms with Crippen molar-refractivity contribution in [2.24, 2.45) is 4.99 Å². The van der Waals surface area contributed by atoms with Gasteiger partial charge in [0.05, 0.1) is 10.6 Å². The second-order valence-corrected chi connectivity index (χ2v) is 6.88. The van der Waals surface area contributed by atoms with Gasteiger partial charge in [0, 0.05) is 31.3 Å². The summed E-state index contributed by atoms with van der Waals surface area (Å²) in [5, 5.41) is 21.3. The third-order valence-electron chi connectivity index (χ3n) is 4.24. The third kappa shape index (κ3) is 8.80. The van der Waals surface area contributed by atoms with Gasteiger partial charge in [-0.05, 0) is 37.7 Å². The van der Waals surface area contributed by atoms with Crippen molar-refractivity contribution in [2.75, 3.05) is 13.1 Å². The second kappa shape index (κ2) is 13.1. The number of aromatic nitrogens is 1. The molecule has 0 saturated heterocycles. The maximum Gasteiger partial charge on any atom is 0.269 e. The van der Waals surface area contributed by atoms with Gasteiger partial charge in [0.2, 0.25) is 0 Å². The lowest BCUT2D eigenvalue weighted by atomic mass is 10.1. The number of benzene rings is 1. The fourth-order valence-corrected chi connectivity index (χ4v) is 2.62. The topological polar surface area (TPSA) is 106 Å². The molecule has 2 N–H and O–H groups in total. The van der Waals surface area contributed by atoms with E-state index in [9.17, 15) is 10.1 Å². The Hall–Kier alpha value is -2.17. The molecule has 0 unspecified atom stereocenters. The molecule has 160 valence electrons. The summed E-state index contributed by atoms with van der Waals surface area (Å²) in [6.07, 6.45) is 2.86. The zero-order valence-corrected chi connectivity index (χ0v) is 19.5. The number of unbranched alkanes of at least 4 members (excludes halogenated alkanes) is 1. The van der Waals surface area contributed by atoms with Crippen LogP contribution < -0.4 is 10.6 Å². The monoisotopic (exact) mass is 515 g/mol. The SMILES string of the molecule is CCNC(=NCc1cc(C(C)C)no1)NCCCCc1ccc([N+](=O)[O-])cc1.I. The Morgan fingerprint density at radius 3 is 2.55 bits per heavy atom. The number of non-ortho nitro benzene ring substituents is 1. The van der Waals surface area contributed by atoms with Gasteiger partial charge in [0.25, 0.3) is 5.69 Å². The number of guanidine groups is 1. The number of hydrogen-bond acceptors (Lipinski definition) is 5. The third-order valence-corrected chi connectivity index (χ3v) is 4.24. The van der Waals surface area contributed by atoms with E-state index in [-0.39, 0.29) is 34.6 Å². The Labute approximate surface area is 188 Å². The smallest absolute Gasteiger partial charge is 0.269 e. The highest BCUT2D eigenvalue weighted by molar-refractivity contribution is 14.0. The summed E-state index contributed by atoms with van der Waals surface area (Å²) in [5.74, 6) is 1.84. The average Bonchev–Trinajstić information content (AvgIpc) is 3.15. The number of nitro benzene ring substituents is 1. The van der Waals surface area contributed by atoms with Gasteiger partial charge in [-0.25, -0.2) is 4.99 Å². The van der Waals surface area contributed by atoms with E-state index in [4.69, 9.17) is 4.52 Å². The molecule has 2 rings (SSSR count). The molecule has 0 aliphatic carbocycles. The summed E-state index contributed by atoms with van der Waals surface area (Å²) in [6, 6.07) is 8.69. The molecule has 0 aliphatic heterocycles. The molecule has 8 nitrogen and oxygen atoms in total. The Balaban J connectivity index is 0.00000420. The fourth-order valence-electron chi connectivity index (χ4n) is 2.62.